The van der Waals surface area contributed by atoms with Gasteiger partial charge in [-0.3, -0.25) is 9.59 Å². The quantitative estimate of drug-likeness (QED) is 0.656. The Kier molecular flexibility index (Phi) is 4.14. The van der Waals surface area contributed by atoms with E-state index in [0.29, 0.717) is 21.8 Å². The zero-order valence-corrected chi connectivity index (χ0v) is 16.1. The fourth-order valence-electron chi connectivity index (χ4n) is 3.82. The van der Waals surface area contributed by atoms with Gasteiger partial charge in [-0.1, -0.05) is 65.8 Å². The minimum Gasteiger partial charge on any atom is -0.373 e. The number of carbonyl (C=O) groups excluding carboxylic acids is 2. The number of hydrogen-bond donors (Lipinski definition) is 1. The van der Waals surface area contributed by atoms with Crippen molar-refractivity contribution in [3.8, 4) is 0 Å². The fourth-order valence-corrected chi connectivity index (χ4v) is 4.52. The normalized spacial score (nSPS) is 22.4. The van der Waals surface area contributed by atoms with Crippen LogP contribution in [0.1, 0.15) is 20.8 Å². The van der Waals surface area contributed by atoms with Crippen LogP contribution in [0, 0.1) is 5.92 Å². The van der Waals surface area contributed by atoms with Crippen molar-refractivity contribution in [2.24, 2.45) is 11.1 Å². The van der Waals surface area contributed by atoms with Crippen molar-refractivity contribution in [1.82, 2.24) is 0 Å². The molecule has 1 N–H and O–H groups in total. The van der Waals surface area contributed by atoms with Crippen molar-refractivity contribution in [3.05, 3.63) is 94.2 Å². The van der Waals surface area contributed by atoms with Crippen molar-refractivity contribution in [1.29, 1.82) is 0 Å². The van der Waals surface area contributed by atoms with Gasteiger partial charge in [0.1, 0.15) is 5.92 Å². The molecule has 1 spiro atoms. The molecule has 3 aromatic rings. The maximum absolute atomic E-state index is 13.5. The van der Waals surface area contributed by atoms with Crippen LogP contribution in [0.4, 0.5) is 5.69 Å². The molecule has 29 heavy (non-hydrogen) atoms. The molecular formula is C23H16N2O3S. The topological polar surface area (TPSA) is 67.8 Å². The van der Waals surface area contributed by atoms with Gasteiger partial charge < -0.3 is 10.2 Å². The van der Waals surface area contributed by atoms with E-state index in [2.05, 4.69) is 10.5 Å². The number of oxime groups is 1. The lowest BCUT2D eigenvalue weighted by molar-refractivity contribution is -0.140. The van der Waals surface area contributed by atoms with Gasteiger partial charge in [0.05, 0.1) is 10.6 Å². The number of ketones is 1. The van der Waals surface area contributed by atoms with Crippen molar-refractivity contribution in [2.75, 3.05) is 5.32 Å². The van der Waals surface area contributed by atoms with E-state index >= 15 is 0 Å². The summed E-state index contributed by atoms with van der Waals surface area (Å²) >= 11 is 1.34. The zero-order chi connectivity index (χ0) is 19.8. The molecule has 3 heterocycles. The Labute approximate surface area is 171 Å². The number of hydrogen-bond acceptors (Lipinski definition) is 5. The number of fused-ring (bicyclic) bond motifs is 2. The highest BCUT2D eigenvalue weighted by Gasteiger charge is 2.62. The Morgan fingerprint density at radius 3 is 2.62 bits per heavy atom. The molecule has 2 aliphatic rings. The van der Waals surface area contributed by atoms with E-state index in [4.69, 9.17) is 4.84 Å². The highest BCUT2D eigenvalue weighted by atomic mass is 32.1. The molecule has 2 aromatic carbocycles. The van der Waals surface area contributed by atoms with Gasteiger partial charge in [0.15, 0.2) is 5.78 Å². The molecule has 0 radical (unpaired) electrons. The van der Waals surface area contributed by atoms with E-state index in [1.54, 1.807) is 24.3 Å². The number of nitrogens with one attached hydrogen (secondary N) is 1. The van der Waals surface area contributed by atoms with E-state index in [1.807, 2.05) is 60.0 Å². The number of carbonyl (C=O) groups is 2. The van der Waals surface area contributed by atoms with Crippen LogP contribution in [0.3, 0.4) is 0 Å². The van der Waals surface area contributed by atoms with Crippen LogP contribution in [-0.4, -0.2) is 17.4 Å². The summed E-state index contributed by atoms with van der Waals surface area (Å²) in [5, 5.41) is 8.89. The van der Waals surface area contributed by atoms with E-state index in [9.17, 15) is 9.59 Å². The first-order valence-corrected chi connectivity index (χ1v) is 10.1. The van der Waals surface area contributed by atoms with Crippen LogP contribution in [0.15, 0.2) is 83.3 Å². The molecule has 0 bridgehead atoms. The SMILES string of the molecule is O=C(c1cccs1)[C@@H]1C(/C=C/c2ccccc2)=NO[C@@]12C(=O)Nc1ccccc12. The Bertz CT molecular complexity index is 1150. The van der Waals surface area contributed by atoms with Crippen molar-refractivity contribution < 1.29 is 14.4 Å². The second kappa shape index (κ2) is 6.83. The third-order valence-corrected chi connectivity index (χ3v) is 6.07. The van der Waals surface area contributed by atoms with E-state index in [-0.39, 0.29) is 11.7 Å². The third-order valence-electron chi connectivity index (χ3n) is 5.18. The summed E-state index contributed by atoms with van der Waals surface area (Å²) in [7, 11) is 0. The van der Waals surface area contributed by atoms with Gasteiger partial charge in [0.2, 0.25) is 0 Å². The summed E-state index contributed by atoms with van der Waals surface area (Å²) < 4.78 is 0. The number of rotatable bonds is 4. The molecule has 142 valence electrons. The Morgan fingerprint density at radius 2 is 1.83 bits per heavy atom. The Hall–Kier alpha value is -3.51. The van der Waals surface area contributed by atoms with Gasteiger partial charge in [0, 0.05) is 11.3 Å². The number of anilines is 1. The lowest BCUT2D eigenvalue weighted by Crippen LogP contribution is -2.46. The van der Waals surface area contributed by atoms with Crippen LogP contribution in [0.25, 0.3) is 6.08 Å². The second-order valence-corrected chi connectivity index (χ2v) is 7.81. The van der Waals surface area contributed by atoms with Crippen molar-refractivity contribution in [3.63, 3.8) is 0 Å². The highest BCUT2D eigenvalue weighted by molar-refractivity contribution is 7.12. The van der Waals surface area contributed by atoms with Gasteiger partial charge in [-0.15, -0.1) is 11.3 Å². The third kappa shape index (κ3) is 2.72. The molecule has 2 aliphatic heterocycles. The maximum atomic E-state index is 13.5. The number of thiophene rings is 1. The predicted octanol–water partition coefficient (Wildman–Crippen LogP) is 4.49. The summed E-state index contributed by atoms with van der Waals surface area (Å²) in [5.74, 6) is -1.42. The lowest BCUT2D eigenvalue weighted by atomic mass is 9.76. The Morgan fingerprint density at radius 1 is 1.03 bits per heavy atom. The minimum absolute atomic E-state index is 0.180. The molecule has 0 saturated heterocycles. The number of para-hydroxylation sites is 1. The van der Waals surface area contributed by atoms with Crippen LogP contribution in [-0.2, 0) is 15.2 Å². The van der Waals surface area contributed by atoms with Gasteiger partial charge in [-0.2, -0.15) is 0 Å². The first-order valence-electron chi connectivity index (χ1n) is 9.18. The fraction of sp³-hybridized carbons (Fsp3) is 0.0870. The predicted molar refractivity (Wildman–Crippen MR) is 113 cm³/mol. The van der Waals surface area contributed by atoms with Crippen LogP contribution < -0.4 is 5.32 Å². The van der Waals surface area contributed by atoms with Gasteiger partial charge in [-0.05, 0) is 29.2 Å². The molecule has 1 aromatic heterocycles. The molecule has 2 atom stereocenters. The smallest absolute Gasteiger partial charge is 0.277 e. The van der Waals surface area contributed by atoms with Crippen LogP contribution >= 0.6 is 11.3 Å². The molecule has 1 amide bonds. The van der Waals surface area contributed by atoms with E-state index < -0.39 is 11.5 Å². The monoisotopic (exact) mass is 400 g/mol. The largest absolute Gasteiger partial charge is 0.373 e. The van der Waals surface area contributed by atoms with Gasteiger partial charge in [0.25, 0.3) is 11.5 Å². The first-order chi connectivity index (χ1) is 14.2. The average molecular weight is 400 g/mol. The van der Waals surface area contributed by atoms with Crippen molar-refractivity contribution in [2.45, 2.75) is 5.60 Å². The molecule has 0 aliphatic carbocycles. The van der Waals surface area contributed by atoms with E-state index in [0.717, 1.165) is 5.56 Å². The molecule has 0 saturated carbocycles. The standard InChI is InChI=1S/C23H16N2O3S/c26-21(19-11-6-14-29-19)20-18(13-12-15-7-2-1-3-8-15)25-28-23(20)16-9-4-5-10-17(16)24-22(23)27/h1-14,20H,(H,24,27)/b13-12+/t20-,23+/m0/s1. The summed E-state index contributed by atoms with van der Waals surface area (Å²) in [5.41, 5.74) is 1.18. The molecule has 5 nitrogen and oxygen atoms in total. The molecular weight excluding hydrogens is 384 g/mol. The number of benzene rings is 2. The molecule has 6 heteroatoms. The van der Waals surface area contributed by atoms with Crippen LogP contribution in [0.2, 0.25) is 0 Å². The summed E-state index contributed by atoms with van der Waals surface area (Å²) in [6.07, 6.45) is 3.63. The Balaban J connectivity index is 1.61. The maximum Gasteiger partial charge on any atom is 0.277 e. The van der Waals surface area contributed by atoms with Crippen molar-refractivity contribution >= 4 is 40.5 Å². The van der Waals surface area contributed by atoms with Gasteiger partial charge in [-0.25, -0.2) is 0 Å². The summed E-state index contributed by atoms with van der Waals surface area (Å²) in [4.78, 5) is 32.9. The van der Waals surface area contributed by atoms with Gasteiger partial charge >= 0.3 is 0 Å². The number of nitrogens with zero attached hydrogens (tertiary/aromatic N) is 1. The average Bonchev–Trinajstić information content (AvgIpc) is 3.47. The molecule has 5 rings (SSSR count). The zero-order valence-electron chi connectivity index (χ0n) is 15.2. The number of Topliss-reactive ketones (excluding diaryl/α,β-unsaturated/α-hetero) is 1. The summed E-state index contributed by atoms with van der Waals surface area (Å²) in [6, 6.07) is 20.6. The van der Waals surface area contributed by atoms with E-state index in [1.165, 1.54) is 11.3 Å². The molecule has 0 unspecified atom stereocenters. The second-order valence-electron chi connectivity index (χ2n) is 6.86. The lowest BCUT2D eigenvalue weighted by Gasteiger charge is -2.25. The number of allylic oxidation sites excluding steroid dienone is 1. The minimum atomic E-state index is -1.49. The summed E-state index contributed by atoms with van der Waals surface area (Å²) in [6.45, 7) is 0. The number of amides is 1. The highest BCUT2D eigenvalue weighted by Crippen LogP contribution is 2.49. The molecule has 0 fully saturated rings. The first kappa shape index (κ1) is 17.6. The van der Waals surface area contributed by atoms with Crippen LogP contribution in [0.5, 0.6) is 0 Å².